The predicted molar refractivity (Wildman–Crippen MR) is 159 cm³/mol. The van der Waals surface area contributed by atoms with Gasteiger partial charge in [0.2, 0.25) is 5.91 Å². The largest absolute Gasteiger partial charge is 0.389 e. The highest BCUT2D eigenvalue weighted by Gasteiger charge is 2.50. The molecular formula is C28H32FN9O2S2. The van der Waals surface area contributed by atoms with Crippen LogP contribution in [0.4, 0.5) is 15.3 Å². The number of imidazole rings is 1. The molecule has 6 heterocycles. The molecule has 4 aliphatic heterocycles. The number of halogens is 1. The standard InChI is InChI=1S/C28H32FN9O2S2/c1-3-20-24(34(2)25-32-23(21(10-30)41-25)17-4-6-18(29)7-5-17)38-26(31-20)42-27(33-38)36-9-8-28(16-36)14-35(15-28)13-22(40)37-11-19(39)12-37/h4-7,19,27,33,39H,3,8-9,11-16H2,1-2H3. The molecule has 1 unspecified atom stereocenters. The third-order valence-corrected chi connectivity index (χ3v) is 10.8. The average Bonchev–Trinajstić information content (AvgIpc) is 3.72. The highest BCUT2D eigenvalue weighted by molar-refractivity contribution is 8.00. The molecule has 1 atom stereocenters. The van der Waals surface area contributed by atoms with Crippen LogP contribution < -0.4 is 10.3 Å². The Morgan fingerprint density at radius 3 is 2.71 bits per heavy atom. The number of nitrogens with one attached hydrogen (secondary N) is 1. The molecule has 2 N–H and O–H groups in total. The Morgan fingerprint density at radius 1 is 1.26 bits per heavy atom. The second kappa shape index (κ2) is 10.5. The molecule has 1 amide bonds. The summed E-state index contributed by atoms with van der Waals surface area (Å²) in [4.78, 5) is 31.0. The molecule has 42 heavy (non-hydrogen) atoms. The van der Waals surface area contributed by atoms with Gasteiger partial charge in [-0.1, -0.05) is 18.3 Å². The maximum absolute atomic E-state index is 13.5. The number of fused-ring (bicyclic) bond motifs is 1. The number of hydrogen-bond acceptors (Lipinski definition) is 11. The number of rotatable bonds is 7. The van der Waals surface area contributed by atoms with E-state index in [1.165, 1.54) is 23.5 Å². The fourth-order valence-electron chi connectivity index (χ4n) is 6.42. The summed E-state index contributed by atoms with van der Waals surface area (Å²) in [5, 5.41) is 20.8. The van der Waals surface area contributed by atoms with Crippen LogP contribution in [0.15, 0.2) is 29.4 Å². The second-order valence-electron chi connectivity index (χ2n) is 11.6. The number of nitriles is 1. The lowest BCUT2D eigenvalue weighted by atomic mass is 9.79. The lowest BCUT2D eigenvalue weighted by Gasteiger charge is -2.49. The van der Waals surface area contributed by atoms with Crippen LogP contribution in [-0.2, 0) is 11.2 Å². The number of amides is 1. The first-order valence-corrected chi connectivity index (χ1v) is 15.8. The van der Waals surface area contributed by atoms with Crippen molar-refractivity contribution in [1.29, 1.82) is 5.26 Å². The SMILES string of the molecule is CCc1nc2n(c1N(C)c1nc(-c3ccc(F)cc3)c(C#N)s1)NC(N1CCC3(CN(CC(=O)N4CC(O)C4)C3)C1)S2. The summed E-state index contributed by atoms with van der Waals surface area (Å²) in [5.74, 6) is 0.672. The minimum Gasteiger partial charge on any atom is -0.389 e. The van der Waals surface area contributed by atoms with Crippen molar-refractivity contribution in [2.24, 2.45) is 5.41 Å². The van der Waals surface area contributed by atoms with Gasteiger partial charge in [-0.15, -0.1) is 0 Å². The monoisotopic (exact) mass is 609 g/mol. The number of aromatic nitrogens is 3. The first-order valence-electron chi connectivity index (χ1n) is 14.1. The van der Waals surface area contributed by atoms with Crippen LogP contribution in [0.2, 0.25) is 0 Å². The Hall–Kier alpha value is -3.22. The molecule has 3 saturated heterocycles. The topological polar surface area (TPSA) is 117 Å². The molecule has 0 aliphatic carbocycles. The Labute approximate surface area is 251 Å². The van der Waals surface area contributed by atoms with Gasteiger partial charge in [0.25, 0.3) is 0 Å². The molecule has 7 rings (SSSR count). The fourth-order valence-corrected chi connectivity index (χ4v) is 8.36. The number of carbonyl (C=O) groups excluding carboxylic acids is 1. The molecular weight excluding hydrogens is 578 g/mol. The van der Waals surface area contributed by atoms with E-state index in [1.807, 2.05) is 16.6 Å². The molecule has 0 saturated carbocycles. The molecule has 220 valence electrons. The normalized spacial score (nSPS) is 21.6. The number of thiazole rings is 1. The summed E-state index contributed by atoms with van der Waals surface area (Å²) in [5.41, 5.74) is 6.10. The number of likely N-dealkylation sites (tertiary alicyclic amines) is 3. The van der Waals surface area contributed by atoms with Crippen LogP contribution in [0.5, 0.6) is 0 Å². The van der Waals surface area contributed by atoms with Crippen LogP contribution in [0.25, 0.3) is 11.3 Å². The summed E-state index contributed by atoms with van der Waals surface area (Å²) in [6.07, 6.45) is 1.47. The molecule has 0 radical (unpaired) electrons. The first-order chi connectivity index (χ1) is 20.3. The number of benzene rings is 1. The third kappa shape index (κ3) is 4.73. The Balaban J connectivity index is 1.03. The molecule has 1 spiro atoms. The van der Waals surface area contributed by atoms with Gasteiger partial charge in [0.05, 0.1) is 18.3 Å². The van der Waals surface area contributed by atoms with Crippen molar-refractivity contribution in [2.75, 3.05) is 63.2 Å². The molecule has 0 bridgehead atoms. The number of aliphatic hydroxyl groups is 1. The van der Waals surface area contributed by atoms with Crippen LogP contribution in [0.3, 0.4) is 0 Å². The smallest absolute Gasteiger partial charge is 0.236 e. The highest BCUT2D eigenvalue weighted by Crippen LogP contribution is 2.45. The third-order valence-electron chi connectivity index (χ3n) is 8.61. The average molecular weight is 610 g/mol. The van der Waals surface area contributed by atoms with Crippen molar-refractivity contribution in [3.63, 3.8) is 0 Å². The van der Waals surface area contributed by atoms with E-state index in [1.54, 1.807) is 28.8 Å². The Bertz CT molecular complexity index is 1560. The lowest BCUT2D eigenvalue weighted by molar-refractivity contribution is -0.145. The van der Waals surface area contributed by atoms with E-state index in [2.05, 4.69) is 28.2 Å². The van der Waals surface area contributed by atoms with Gasteiger partial charge in [0.1, 0.15) is 28.0 Å². The second-order valence-corrected chi connectivity index (χ2v) is 13.6. The highest BCUT2D eigenvalue weighted by atomic mass is 32.2. The zero-order chi connectivity index (χ0) is 29.2. The Kier molecular flexibility index (Phi) is 6.90. The van der Waals surface area contributed by atoms with E-state index in [0.29, 0.717) is 40.9 Å². The first kappa shape index (κ1) is 27.6. The predicted octanol–water partition coefficient (Wildman–Crippen LogP) is 2.49. The van der Waals surface area contributed by atoms with Gasteiger partial charge >= 0.3 is 0 Å². The summed E-state index contributed by atoms with van der Waals surface area (Å²) in [6, 6.07) is 8.29. The number of thioether (sulfide) groups is 1. The minimum atomic E-state index is -0.365. The van der Waals surface area contributed by atoms with Gasteiger partial charge in [-0.05, 0) is 48.9 Å². The van der Waals surface area contributed by atoms with E-state index >= 15 is 0 Å². The maximum Gasteiger partial charge on any atom is 0.236 e. The van der Waals surface area contributed by atoms with Crippen LogP contribution in [0.1, 0.15) is 23.9 Å². The van der Waals surface area contributed by atoms with E-state index in [-0.39, 0.29) is 28.7 Å². The van der Waals surface area contributed by atoms with Gasteiger partial charge in [-0.3, -0.25) is 20.0 Å². The number of hydrogen-bond donors (Lipinski definition) is 2. The summed E-state index contributed by atoms with van der Waals surface area (Å²) in [7, 11) is 1.94. The quantitative estimate of drug-likeness (QED) is 0.414. The number of anilines is 2. The van der Waals surface area contributed by atoms with E-state index < -0.39 is 0 Å². The van der Waals surface area contributed by atoms with Crippen LogP contribution in [-0.4, -0.2) is 105 Å². The lowest BCUT2D eigenvalue weighted by Crippen LogP contribution is -2.62. The van der Waals surface area contributed by atoms with Crippen molar-refractivity contribution in [3.05, 3.63) is 40.7 Å². The number of nitrogens with zero attached hydrogens (tertiary/aromatic N) is 8. The summed E-state index contributed by atoms with van der Waals surface area (Å²) in [6.45, 7) is 7.19. The van der Waals surface area contributed by atoms with Crippen LogP contribution in [0, 0.1) is 22.6 Å². The maximum atomic E-state index is 13.5. The molecule has 11 nitrogen and oxygen atoms in total. The number of β-amino-alcohol motifs (C(OH)–C–C–N with tert-alkyl or cyclic N) is 1. The molecule has 4 aliphatic rings. The number of carbonyl (C=O) groups is 1. The van der Waals surface area contributed by atoms with Crippen LogP contribution >= 0.6 is 23.1 Å². The zero-order valence-electron chi connectivity index (χ0n) is 23.5. The van der Waals surface area contributed by atoms with E-state index in [0.717, 1.165) is 55.7 Å². The van der Waals surface area contributed by atoms with Crippen molar-refractivity contribution >= 4 is 40.0 Å². The van der Waals surface area contributed by atoms with Gasteiger partial charge in [0, 0.05) is 57.3 Å². The van der Waals surface area contributed by atoms with Gasteiger partial charge in [-0.25, -0.2) is 19.0 Å². The molecule has 2 aromatic heterocycles. The number of aliphatic hydroxyl groups excluding tert-OH is 1. The van der Waals surface area contributed by atoms with Crippen molar-refractivity contribution < 1.29 is 14.3 Å². The summed E-state index contributed by atoms with van der Waals surface area (Å²) < 4.78 is 15.5. The Morgan fingerprint density at radius 2 is 2.02 bits per heavy atom. The van der Waals surface area contributed by atoms with Crippen molar-refractivity contribution in [3.8, 4) is 17.3 Å². The molecule has 1 aromatic carbocycles. The van der Waals surface area contributed by atoms with Crippen molar-refractivity contribution in [2.45, 2.75) is 36.5 Å². The van der Waals surface area contributed by atoms with Gasteiger partial charge < -0.3 is 14.9 Å². The molecule has 3 aromatic rings. The fraction of sp³-hybridized carbons (Fsp3) is 0.500. The van der Waals surface area contributed by atoms with E-state index in [4.69, 9.17) is 9.97 Å². The van der Waals surface area contributed by atoms with E-state index in [9.17, 15) is 19.6 Å². The van der Waals surface area contributed by atoms with Gasteiger partial charge in [-0.2, -0.15) is 5.26 Å². The summed E-state index contributed by atoms with van der Waals surface area (Å²) >= 11 is 3.01. The minimum absolute atomic E-state index is 0.0453. The number of aryl methyl sites for hydroxylation is 1. The zero-order valence-corrected chi connectivity index (χ0v) is 25.1. The molecule has 14 heteroatoms. The van der Waals surface area contributed by atoms with Crippen molar-refractivity contribution in [1.82, 2.24) is 29.3 Å². The molecule has 3 fully saturated rings. The van der Waals surface area contributed by atoms with Gasteiger partial charge in [0.15, 0.2) is 16.1 Å².